The van der Waals surface area contributed by atoms with E-state index in [-0.39, 0.29) is 35.0 Å². The molecule has 0 aromatic heterocycles. The number of halogens is 2. The number of carbonyl (C=O) groups excluding carboxylic acids is 1. The van der Waals surface area contributed by atoms with Crippen LogP contribution in [-0.2, 0) is 14.8 Å². The van der Waals surface area contributed by atoms with Gasteiger partial charge < -0.3 is 14.8 Å². The molecule has 0 unspecified atom stereocenters. The highest BCUT2D eigenvalue weighted by atomic mass is 32.2. The van der Waals surface area contributed by atoms with Gasteiger partial charge in [-0.25, -0.2) is 8.42 Å². The Morgan fingerprint density at radius 1 is 1.17 bits per heavy atom. The Bertz CT molecular complexity index is 994. The summed E-state index contributed by atoms with van der Waals surface area (Å²) in [5.41, 5.74) is 0.417. The molecule has 1 saturated heterocycles. The normalized spacial score (nSPS) is 15.2. The van der Waals surface area contributed by atoms with Crippen molar-refractivity contribution >= 4 is 33.4 Å². The van der Waals surface area contributed by atoms with Gasteiger partial charge in [-0.15, -0.1) is 0 Å². The fourth-order valence-corrected chi connectivity index (χ4v) is 4.80. The average molecular weight is 459 g/mol. The lowest BCUT2D eigenvalue weighted by Crippen LogP contribution is -2.40. The lowest BCUT2D eigenvalue weighted by Gasteiger charge is -2.26. The molecule has 1 N–H and O–H groups in total. The highest BCUT2D eigenvalue weighted by Gasteiger charge is 2.27. The van der Waals surface area contributed by atoms with E-state index in [2.05, 4.69) is 5.32 Å². The van der Waals surface area contributed by atoms with E-state index in [1.54, 1.807) is 0 Å². The van der Waals surface area contributed by atoms with Crippen molar-refractivity contribution < 1.29 is 31.5 Å². The number of alkyl halides is 2. The quantitative estimate of drug-likeness (QED) is 0.641. The molecule has 162 valence electrons. The molecule has 2 aromatic rings. The molecule has 0 saturated carbocycles. The van der Waals surface area contributed by atoms with E-state index in [9.17, 15) is 22.0 Å². The number of thioether (sulfide) groups is 1. The number of hydrogen-bond donors (Lipinski definition) is 1. The van der Waals surface area contributed by atoms with E-state index in [1.807, 2.05) is 0 Å². The third-order valence-corrected chi connectivity index (χ3v) is 6.99. The summed E-state index contributed by atoms with van der Waals surface area (Å²) < 4.78 is 62.4. The molecule has 7 nitrogen and oxygen atoms in total. The molecule has 11 heteroatoms. The number of nitrogens with zero attached hydrogens (tertiary/aromatic N) is 1. The fourth-order valence-electron chi connectivity index (χ4n) is 2.86. The van der Waals surface area contributed by atoms with Crippen LogP contribution in [0.15, 0.2) is 52.3 Å². The van der Waals surface area contributed by atoms with Crippen molar-refractivity contribution in [1.29, 1.82) is 0 Å². The SMILES string of the molecule is COc1ccc(S(=O)(=O)N2CCOCC2)cc1NC(=O)c1ccc(SC(F)F)cc1. The number of ether oxygens (including phenoxy) is 2. The van der Waals surface area contributed by atoms with Crippen LogP contribution in [0.1, 0.15) is 10.4 Å². The summed E-state index contributed by atoms with van der Waals surface area (Å²) in [6, 6.07) is 9.88. The Balaban J connectivity index is 1.82. The number of benzene rings is 2. The summed E-state index contributed by atoms with van der Waals surface area (Å²) in [6.07, 6.45) is 0. The van der Waals surface area contributed by atoms with Gasteiger partial charge in [0.25, 0.3) is 11.7 Å². The van der Waals surface area contributed by atoms with Gasteiger partial charge in [0.2, 0.25) is 10.0 Å². The highest BCUT2D eigenvalue weighted by molar-refractivity contribution is 7.99. The molecular weight excluding hydrogens is 438 g/mol. The molecule has 3 rings (SSSR count). The molecular formula is C19H20F2N2O5S2. The van der Waals surface area contributed by atoms with Crippen LogP contribution in [0.2, 0.25) is 0 Å². The molecule has 2 aromatic carbocycles. The molecule has 1 fully saturated rings. The maximum Gasteiger partial charge on any atom is 0.288 e. The van der Waals surface area contributed by atoms with Gasteiger partial charge >= 0.3 is 0 Å². The van der Waals surface area contributed by atoms with Gasteiger partial charge in [0.1, 0.15) is 5.75 Å². The molecule has 30 heavy (non-hydrogen) atoms. The van der Waals surface area contributed by atoms with E-state index in [1.165, 1.54) is 53.9 Å². The first-order chi connectivity index (χ1) is 14.3. The second kappa shape index (κ2) is 9.73. The Morgan fingerprint density at radius 3 is 2.43 bits per heavy atom. The molecule has 1 amide bonds. The van der Waals surface area contributed by atoms with Crippen molar-refractivity contribution in [3.63, 3.8) is 0 Å². The number of sulfonamides is 1. The topological polar surface area (TPSA) is 84.9 Å². The number of hydrogen-bond acceptors (Lipinski definition) is 6. The van der Waals surface area contributed by atoms with E-state index < -0.39 is 21.7 Å². The van der Waals surface area contributed by atoms with Crippen LogP contribution in [0, 0.1) is 0 Å². The van der Waals surface area contributed by atoms with Crippen molar-refractivity contribution in [2.45, 2.75) is 15.5 Å². The van der Waals surface area contributed by atoms with Crippen LogP contribution >= 0.6 is 11.8 Å². The minimum absolute atomic E-state index is 0.0178. The molecule has 0 bridgehead atoms. The van der Waals surface area contributed by atoms with Gasteiger partial charge in [-0.05, 0) is 42.5 Å². The Kier molecular flexibility index (Phi) is 7.29. The number of methoxy groups -OCH3 is 1. The number of carbonyl (C=O) groups is 1. The number of anilines is 1. The van der Waals surface area contributed by atoms with Crippen LogP contribution in [0.5, 0.6) is 5.75 Å². The number of nitrogens with one attached hydrogen (secondary N) is 1. The van der Waals surface area contributed by atoms with Crippen LogP contribution in [0.4, 0.5) is 14.5 Å². The first-order valence-corrected chi connectivity index (χ1v) is 11.3. The Morgan fingerprint density at radius 2 is 1.83 bits per heavy atom. The summed E-state index contributed by atoms with van der Waals surface area (Å²) in [4.78, 5) is 12.9. The predicted molar refractivity (Wildman–Crippen MR) is 109 cm³/mol. The van der Waals surface area contributed by atoms with E-state index in [4.69, 9.17) is 9.47 Å². The highest BCUT2D eigenvalue weighted by Crippen LogP contribution is 2.30. The van der Waals surface area contributed by atoms with Crippen molar-refractivity contribution in [1.82, 2.24) is 4.31 Å². The molecule has 0 spiro atoms. The fraction of sp³-hybridized carbons (Fsp3) is 0.316. The lowest BCUT2D eigenvalue weighted by atomic mass is 10.2. The van der Waals surface area contributed by atoms with Crippen LogP contribution in [0.3, 0.4) is 0 Å². The van der Waals surface area contributed by atoms with Crippen LogP contribution < -0.4 is 10.1 Å². The standard InChI is InChI=1S/C19H20F2N2O5S2/c1-27-17-7-6-15(30(25,26)23-8-10-28-11-9-23)12-16(17)22-18(24)13-2-4-14(5-3-13)29-19(20)21/h2-7,12,19H,8-11H2,1H3,(H,22,24). The van der Waals surface area contributed by atoms with Gasteiger partial charge in [0.15, 0.2) is 0 Å². The molecule has 0 aliphatic carbocycles. The van der Waals surface area contributed by atoms with E-state index >= 15 is 0 Å². The van der Waals surface area contributed by atoms with Crippen molar-refractivity contribution in [3.05, 3.63) is 48.0 Å². The molecule has 0 radical (unpaired) electrons. The summed E-state index contributed by atoms with van der Waals surface area (Å²) in [5.74, 6) is -2.79. The van der Waals surface area contributed by atoms with Crippen molar-refractivity contribution in [2.24, 2.45) is 0 Å². The van der Waals surface area contributed by atoms with Crippen LogP contribution in [-0.4, -0.2) is 57.8 Å². The predicted octanol–water partition coefficient (Wildman–Crippen LogP) is 3.28. The zero-order chi connectivity index (χ0) is 21.7. The van der Waals surface area contributed by atoms with Crippen molar-refractivity contribution in [2.75, 3.05) is 38.7 Å². The second-order valence-electron chi connectivity index (χ2n) is 6.24. The summed E-state index contributed by atoms with van der Waals surface area (Å²) in [5, 5.41) is 2.63. The summed E-state index contributed by atoms with van der Waals surface area (Å²) >= 11 is 0.382. The van der Waals surface area contributed by atoms with Gasteiger partial charge in [0.05, 0.1) is 30.9 Å². The van der Waals surface area contributed by atoms with Crippen molar-refractivity contribution in [3.8, 4) is 5.75 Å². The zero-order valence-corrected chi connectivity index (χ0v) is 17.6. The number of rotatable bonds is 7. The Hall–Kier alpha value is -2.21. The first-order valence-electron chi connectivity index (χ1n) is 8.93. The maximum atomic E-state index is 12.9. The molecule has 1 aliphatic rings. The third-order valence-electron chi connectivity index (χ3n) is 4.37. The smallest absolute Gasteiger partial charge is 0.288 e. The van der Waals surface area contributed by atoms with E-state index in [0.717, 1.165) is 0 Å². The maximum absolute atomic E-state index is 12.9. The van der Waals surface area contributed by atoms with Gasteiger partial charge in [-0.2, -0.15) is 13.1 Å². The van der Waals surface area contributed by atoms with E-state index in [0.29, 0.717) is 29.9 Å². The number of amides is 1. The van der Waals surface area contributed by atoms with Gasteiger partial charge in [-0.1, -0.05) is 11.8 Å². The summed E-state index contributed by atoms with van der Waals surface area (Å²) in [6.45, 7) is 1.13. The largest absolute Gasteiger partial charge is 0.495 e. The first kappa shape index (κ1) is 22.5. The second-order valence-corrected chi connectivity index (χ2v) is 9.24. The third kappa shape index (κ3) is 5.28. The van der Waals surface area contributed by atoms with Gasteiger partial charge in [0, 0.05) is 23.5 Å². The minimum Gasteiger partial charge on any atom is -0.495 e. The zero-order valence-electron chi connectivity index (χ0n) is 16.0. The number of morpholine rings is 1. The molecule has 1 aliphatic heterocycles. The average Bonchev–Trinajstić information content (AvgIpc) is 2.74. The van der Waals surface area contributed by atoms with Crippen LogP contribution in [0.25, 0.3) is 0 Å². The molecule has 0 atom stereocenters. The minimum atomic E-state index is -3.75. The summed E-state index contributed by atoms with van der Waals surface area (Å²) in [7, 11) is -2.35. The van der Waals surface area contributed by atoms with Gasteiger partial charge in [-0.3, -0.25) is 4.79 Å². The lowest BCUT2D eigenvalue weighted by molar-refractivity contribution is 0.0730. The monoisotopic (exact) mass is 458 g/mol. The molecule has 1 heterocycles. The Labute approximate surface area is 177 Å².